The first kappa shape index (κ1) is 19.3. The van der Waals surface area contributed by atoms with Crippen LogP contribution in [0.1, 0.15) is 23.9 Å². The average molecular weight is 376 g/mol. The molecular formula is C16H17ClF3N3O2. The standard InChI is InChI=1S/C16H17ClF3N3O2/c1-9-6-12(22-25-9)8-23(3)10(2)15(24)21-11-4-5-14(17)13(7-11)16(18,19)20/h4-7,10H,8H2,1-3H3,(H,21,24). The zero-order valence-electron chi connectivity index (χ0n) is 13.8. The van der Waals surface area contributed by atoms with Crippen molar-refractivity contribution >= 4 is 23.2 Å². The van der Waals surface area contributed by atoms with Crippen LogP contribution in [-0.4, -0.2) is 29.1 Å². The molecule has 1 amide bonds. The minimum atomic E-state index is -4.59. The maximum Gasteiger partial charge on any atom is 0.417 e. The number of anilines is 1. The number of aryl methyl sites for hydroxylation is 1. The fraction of sp³-hybridized carbons (Fsp3) is 0.375. The van der Waals surface area contributed by atoms with E-state index >= 15 is 0 Å². The summed E-state index contributed by atoms with van der Waals surface area (Å²) in [4.78, 5) is 14.0. The zero-order valence-corrected chi connectivity index (χ0v) is 14.6. The summed E-state index contributed by atoms with van der Waals surface area (Å²) in [5.41, 5.74) is -0.309. The Kier molecular flexibility index (Phi) is 5.74. The van der Waals surface area contributed by atoms with Gasteiger partial charge in [-0.3, -0.25) is 9.69 Å². The minimum Gasteiger partial charge on any atom is -0.361 e. The Bertz CT molecular complexity index is 761. The van der Waals surface area contributed by atoms with Crippen LogP contribution in [0.3, 0.4) is 0 Å². The molecule has 0 aliphatic rings. The molecule has 1 atom stereocenters. The maximum atomic E-state index is 12.9. The molecule has 0 aliphatic heterocycles. The van der Waals surface area contributed by atoms with Crippen molar-refractivity contribution in [1.82, 2.24) is 10.1 Å². The van der Waals surface area contributed by atoms with Crippen LogP contribution in [0.5, 0.6) is 0 Å². The van der Waals surface area contributed by atoms with Gasteiger partial charge in [0.2, 0.25) is 5.91 Å². The molecule has 0 aliphatic carbocycles. The molecule has 0 saturated carbocycles. The number of likely N-dealkylation sites (N-methyl/N-ethyl adjacent to an activating group) is 1. The molecule has 0 bridgehead atoms. The van der Waals surface area contributed by atoms with E-state index in [2.05, 4.69) is 10.5 Å². The van der Waals surface area contributed by atoms with Crippen molar-refractivity contribution in [3.05, 3.63) is 46.3 Å². The van der Waals surface area contributed by atoms with Crippen molar-refractivity contribution < 1.29 is 22.5 Å². The van der Waals surface area contributed by atoms with Crippen molar-refractivity contribution in [2.24, 2.45) is 0 Å². The molecule has 136 valence electrons. The van der Waals surface area contributed by atoms with Gasteiger partial charge in [0.25, 0.3) is 0 Å². The normalized spacial score (nSPS) is 13.1. The van der Waals surface area contributed by atoms with Gasteiger partial charge >= 0.3 is 6.18 Å². The summed E-state index contributed by atoms with van der Waals surface area (Å²) in [6.07, 6.45) is -4.59. The van der Waals surface area contributed by atoms with Crippen LogP contribution in [0.4, 0.5) is 18.9 Å². The Labute approximate surface area is 147 Å². The molecule has 0 fully saturated rings. The van der Waals surface area contributed by atoms with Crippen LogP contribution < -0.4 is 5.32 Å². The number of nitrogens with one attached hydrogen (secondary N) is 1. The van der Waals surface area contributed by atoms with Crippen LogP contribution in [-0.2, 0) is 17.5 Å². The highest BCUT2D eigenvalue weighted by Gasteiger charge is 2.33. The summed E-state index contributed by atoms with van der Waals surface area (Å²) < 4.78 is 43.6. The van der Waals surface area contributed by atoms with Gasteiger partial charge in [-0.25, -0.2) is 0 Å². The van der Waals surface area contributed by atoms with Crippen molar-refractivity contribution in [3.8, 4) is 0 Å². The lowest BCUT2D eigenvalue weighted by molar-refractivity contribution is -0.137. The minimum absolute atomic E-state index is 0.0271. The number of carbonyl (C=O) groups is 1. The van der Waals surface area contributed by atoms with E-state index in [-0.39, 0.29) is 5.69 Å². The van der Waals surface area contributed by atoms with E-state index < -0.39 is 28.7 Å². The van der Waals surface area contributed by atoms with E-state index in [1.807, 2.05) is 0 Å². The molecule has 0 saturated heterocycles. The van der Waals surface area contributed by atoms with E-state index in [1.165, 1.54) is 6.07 Å². The van der Waals surface area contributed by atoms with E-state index in [4.69, 9.17) is 16.1 Å². The molecular weight excluding hydrogens is 359 g/mol. The number of aromatic nitrogens is 1. The lowest BCUT2D eigenvalue weighted by Crippen LogP contribution is -2.39. The maximum absolute atomic E-state index is 12.9. The Balaban J connectivity index is 2.05. The van der Waals surface area contributed by atoms with Crippen LogP contribution >= 0.6 is 11.6 Å². The number of nitrogens with zero attached hydrogens (tertiary/aromatic N) is 2. The monoisotopic (exact) mass is 375 g/mol. The summed E-state index contributed by atoms with van der Waals surface area (Å²) in [5.74, 6) is 0.208. The smallest absolute Gasteiger partial charge is 0.361 e. The van der Waals surface area contributed by atoms with Gasteiger partial charge in [-0.15, -0.1) is 0 Å². The third-order valence-electron chi connectivity index (χ3n) is 3.67. The van der Waals surface area contributed by atoms with Gasteiger partial charge in [-0.1, -0.05) is 16.8 Å². The summed E-state index contributed by atoms with van der Waals surface area (Å²) in [6, 6.07) is 4.39. The molecule has 1 unspecified atom stereocenters. The number of alkyl halides is 3. The fourth-order valence-corrected chi connectivity index (χ4v) is 2.38. The lowest BCUT2D eigenvalue weighted by atomic mass is 10.1. The summed E-state index contributed by atoms with van der Waals surface area (Å²) in [6.45, 7) is 3.76. The molecule has 2 rings (SSSR count). The summed E-state index contributed by atoms with van der Waals surface area (Å²) in [5, 5.41) is 5.89. The number of rotatable bonds is 5. The Morgan fingerprint density at radius 2 is 2.08 bits per heavy atom. The van der Waals surface area contributed by atoms with Crippen LogP contribution in [0.2, 0.25) is 5.02 Å². The topological polar surface area (TPSA) is 58.4 Å². The number of carbonyl (C=O) groups excluding carboxylic acids is 1. The molecule has 9 heteroatoms. The van der Waals surface area contributed by atoms with Gasteiger partial charge in [0, 0.05) is 18.3 Å². The van der Waals surface area contributed by atoms with Crippen LogP contribution in [0.25, 0.3) is 0 Å². The second-order valence-corrected chi connectivity index (χ2v) is 6.11. The Morgan fingerprint density at radius 3 is 2.64 bits per heavy atom. The number of benzene rings is 1. The average Bonchev–Trinajstić information content (AvgIpc) is 2.92. The third kappa shape index (κ3) is 4.96. The van der Waals surface area contributed by atoms with Gasteiger partial charge in [0.15, 0.2) is 0 Å². The van der Waals surface area contributed by atoms with E-state index in [1.54, 1.807) is 31.9 Å². The van der Waals surface area contributed by atoms with Crippen molar-refractivity contribution in [2.75, 3.05) is 12.4 Å². The SMILES string of the molecule is Cc1cc(CN(C)C(C)C(=O)Nc2ccc(Cl)c(C(F)(F)F)c2)no1. The molecule has 0 radical (unpaired) electrons. The predicted octanol–water partition coefficient (Wildman–Crippen LogP) is 4.11. The molecule has 5 nitrogen and oxygen atoms in total. The number of hydrogen-bond donors (Lipinski definition) is 1. The summed E-state index contributed by atoms with van der Waals surface area (Å²) in [7, 11) is 1.71. The number of hydrogen-bond acceptors (Lipinski definition) is 4. The molecule has 2 aromatic rings. The number of amides is 1. The zero-order chi connectivity index (χ0) is 18.8. The van der Waals surface area contributed by atoms with E-state index in [0.29, 0.717) is 18.0 Å². The van der Waals surface area contributed by atoms with Gasteiger partial charge < -0.3 is 9.84 Å². The molecule has 1 N–H and O–H groups in total. The first-order chi connectivity index (χ1) is 11.6. The van der Waals surface area contributed by atoms with E-state index in [0.717, 1.165) is 12.1 Å². The molecule has 1 heterocycles. The third-order valence-corrected chi connectivity index (χ3v) is 4.00. The Morgan fingerprint density at radius 1 is 1.40 bits per heavy atom. The largest absolute Gasteiger partial charge is 0.417 e. The van der Waals surface area contributed by atoms with Gasteiger partial charge in [0.1, 0.15) is 5.76 Å². The highest BCUT2D eigenvalue weighted by molar-refractivity contribution is 6.31. The summed E-state index contributed by atoms with van der Waals surface area (Å²) >= 11 is 5.57. The van der Waals surface area contributed by atoms with E-state index in [9.17, 15) is 18.0 Å². The van der Waals surface area contributed by atoms with Crippen molar-refractivity contribution in [1.29, 1.82) is 0 Å². The Hall–Kier alpha value is -2.06. The lowest BCUT2D eigenvalue weighted by Gasteiger charge is -2.23. The number of halogens is 4. The quantitative estimate of drug-likeness (QED) is 0.854. The second-order valence-electron chi connectivity index (χ2n) is 5.70. The second kappa shape index (κ2) is 7.45. The van der Waals surface area contributed by atoms with Crippen LogP contribution in [0.15, 0.2) is 28.8 Å². The first-order valence-corrected chi connectivity index (χ1v) is 7.75. The van der Waals surface area contributed by atoms with Gasteiger partial charge in [-0.05, 0) is 39.1 Å². The first-order valence-electron chi connectivity index (χ1n) is 7.38. The highest BCUT2D eigenvalue weighted by Crippen LogP contribution is 2.36. The van der Waals surface area contributed by atoms with Crippen molar-refractivity contribution in [3.63, 3.8) is 0 Å². The molecule has 25 heavy (non-hydrogen) atoms. The van der Waals surface area contributed by atoms with Crippen molar-refractivity contribution in [2.45, 2.75) is 32.6 Å². The molecule has 1 aromatic heterocycles. The molecule has 0 spiro atoms. The predicted molar refractivity (Wildman–Crippen MR) is 87.3 cm³/mol. The fourth-order valence-electron chi connectivity index (χ4n) is 2.15. The van der Waals surface area contributed by atoms with Crippen LogP contribution in [0, 0.1) is 6.92 Å². The van der Waals surface area contributed by atoms with Gasteiger partial charge in [0.05, 0.1) is 22.3 Å². The molecule has 1 aromatic carbocycles. The van der Waals surface area contributed by atoms with Gasteiger partial charge in [-0.2, -0.15) is 13.2 Å². The highest BCUT2D eigenvalue weighted by atomic mass is 35.5.